The molecule has 74 valence electrons. The van der Waals surface area contributed by atoms with E-state index in [1.165, 1.54) is 30.2 Å². The Morgan fingerprint density at radius 1 is 1.64 bits per heavy atom. The average Bonchev–Trinajstić information content (AvgIpc) is 2.18. The highest BCUT2D eigenvalue weighted by molar-refractivity contribution is 8.13. The number of nitrogens with two attached hydrogens (primary N) is 1. The molecule has 1 aromatic heterocycles. The summed E-state index contributed by atoms with van der Waals surface area (Å²) in [5.74, 6) is -1.03. The van der Waals surface area contributed by atoms with Crippen LogP contribution in [-0.4, -0.2) is 27.5 Å². The highest BCUT2D eigenvalue weighted by Crippen LogP contribution is 2.13. The summed E-state index contributed by atoms with van der Waals surface area (Å²) in [4.78, 5) is 18.3. The Morgan fingerprint density at radius 2 is 2.36 bits per heavy atom. The van der Waals surface area contributed by atoms with Crippen LogP contribution in [0.15, 0.2) is 23.5 Å². The lowest BCUT2D eigenvalue weighted by molar-refractivity contribution is 0.0696. The fourth-order valence-electron chi connectivity index (χ4n) is 0.779. The molecular formula is C8H9N3O2S. The maximum absolute atomic E-state index is 10.6. The fourth-order valence-corrected chi connectivity index (χ4v) is 0.975. The lowest BCUT2D eigenvalue weighted by Crippen LogP contribution is -2.04. The van der Waals surface area contributed by atoms with Crippen LogP contribution in [-0.2, 0) is 0 Å². The molecule has 5 nitrogen and oxygen atoms in total. The zero-order valence-corrected chi connectivity index (χ0v) is 8.28. The Hall–Kier alpha value is -1.56. The van der Waals surface area contributed by atoms with Gasteiger partial charge in [-0.2, -0.15) is 0 Å². The van der Waals surface area contributed by atoms with Gasteiger partial charge in [0.05, 0.1) is 17.4 Å². The van der Waals surface area contributed by atoms with Crippen molar-refractivity contribution >= 4 is 28.6 Å². The van der Waals surface area contributed by atoms with Crippen LogP contribution in [0, 0.1) is 0 Å². The Kier molecular flexibility index (Phi) is 3.47. The topological polar surface area (TPSA) is 88.6 Å². The standard InChI is InChI=1S/C8H9N3O2S/c1-14-8(9)11-6-2-5(7(12)13)3-10-4-6/h2-4H,1H3,(H2,9,11)(H,12,13). The first-order chi connectivity index (χ1) is 6.63. The maximum Gasteiger partial charge on any atom is 0.337 e. The minimum absolute atomic E-state index is 0.0974. The molecule has 0 saturated heterocycles. The first-order valence-electron chi connectivity index (χ1n) is 3.70. The average molecular weight is 211 g/mol. The molecular weight excluding hydrogens is 202 g/mol. The number of hydrogen-bond donors (Lipinski definition) is 2. The normalized spacial score (nSPS) is 11.4. The summed E-state index contributed by atoms with van der Waals surface area (Å²) in [5, 5.41) is 9.05. The lowest BCUT2D eigenvalue weighted by atomic mass is 10.3. The number of amidine groups is 1. The van der Waals surface area contributed by atoms with Gasteiger partial charge >= 0.3 is 5.97 Å². The summed E-state index contributed by atoms with van der Waals surface area (Å²) >= 11 is 1.29. The second kappa shape index (κ2) is 4.61. The molecule has 0 spiro atoms. The highest BCUT2D eigenvalue weighted by atomic mass is 32.2. The van der Waals surface area contributed by atoms with Gasteiger partial charge in [0.25, 0.3) is 0 Å². The van der Waals surface area contributed by atoms with Crippen LogP contribution in [0.25, 0.3) is 0 Å². The van der Waals surface area contributed by atoms with Crippen molar-refractivity contribution in [3.8, 4) is 0 Å². The molecule has 6 heteroatoms. The van der Waals surface area contributed by atoms with E-state index in [0.717, 1.165) is 0 Å². The van der Waals surface area contributed by atoms with Crippen LogP contribution >= 0.6 is 11.8 Å². The van der Waals surface area contributed by atoms with Gasteiger partial charge in [0, 0.05) is 6.20 Å². The monoisotopic (exact) mass is 211 g/mol. The summed E-state index contributed by atoms with van der Waals surface area (Å²) in [6, 6.07) is 1.42. The van der Waals surface area contributed by atoms with Crippen molar-refractivity contribution in [2.75, 3.05) is 6.26 Å². The molecule has 1 aromatic rings. The van der Waals surface area contributed by atoms with Gasteiger partial charge in [-0.25, -0.2) is 9.79 Å². The predicted octanol–water partition coefficient (Wildman–Crippen LogP) is 1.09. The first-order valence-corrected chi connectivity index (χ1v) is 4.92. The molecule has 1 rings (SSSR count). The molecule has 0 saturated carbocycles. The molecule has 1 heterocycles. The van der Waals surface area contributed by atoms with E-state index in [1.54, 1.807) is 6.26 Å². The molecule has 0 radical (unpaired) electrons. The van der Waals surface area contributed by atoms with E-state index in [1.807, 2.05) is 0 Å². The van der Waals surface area contributed by atoms with Crippen molar-refractivity contribution in [3.05, 3.63) is 24.0 Å². The molecule has 3 N–H and O–H groups in total. The van der Waals surface area contributed by atoms with Crippen molar-refractivity contribution in [1.29, 1.82) is 0 Å². The third kappa shape index (κ3) is 2.74. The number of hydrogen-bond acceptors (Lipinski definition) is 4. The van der Waals surface area contributed by atoms with Crippen LogP contribution in [0.3, 0.4) is 0 Å². The van der Waals surface area contributed by atoms with Crippen molar-refractivity contribution < 1.29 is 9.90 Å². The van der Waals surface area contributed by atoms with Gasteiger partial charge in [0.2, 0.25) is 0 Å². The van der Waals surface area contributed by atoms with Gasteiger partial charge in [-0.15, -0.1) is 0 Å². The lowest BCUT2D eigenvalue weighted by Gasteiger charge is -1.97. The number of carboxylic acids is 1. The summed E-state index contributed by atoms with van der Waals surface area (Å²) in [5.41, 5.74) is 6.01. The third-order valence-electron chi connectivity index (χ3n) is 1.42. The van der Waals surface area contributed by atoms with Gasteiger partial charge < -0.3 is 10.8 Å². The van der Waals surface area contributed by atoms with Gasteiger partial charge in [-0.1, -0.05) is 11.8 Å². The molecule has 0 atom stereocenters. The van der Waals surface area contributed by atoms with Crippen LogP contribution < -0.4 is 5.73 Å². The summed E-state index contributed by atoms with van der Waals surface area (Å²) in [7, 11) is 0. The van der Waals surface area contributed by atoms with Crippen molar-refractivity contribution in [2.45, 2.75) is 0 Å². The van der Waals surface area contributed by atoms with Gasteiger partial charge in [0.1, 0.15) is 0 Å². The zero-order chi connectivity index (χ0) is 10.6. The number of thioether (sulfide) groups is 1. The zero-order valence-electron chi connectivity index (χ0n) is 7.47. The van der Waals surface area contributed by atoms with E-state index in [0.29, 0.717) is 10.9 Å². The highest BCUT2D eigenvalue weighted by Gasteiger charge is 2.03. The number of aromatic nitrogens is 1. The van der Waals surface area contributed by atoms with Crippen LogP contribution in [0.4, 0.5) is 5.69 Å². The minimum atomic E-state index is -1.03. The number of carbonyl (C=O) groups is 1. The second-order valence-corrected chi connectivity index (χ2v) is 3.22. The number of pyridine rings is 1. The smallest absolute Gasteiger partial charge is 0.337 e. The van der Waals surface area contributed by atoms with Crippen molar-refractivity contribution in [3.63, 3.8) is 0 Å². The summed E-state index contributed by atoms with van der Waals surface area (Å²) in [6.07, 6.45) is 4.50. The maximum atomic E-state index is 10.6. The molecule has 14 heavy (non-hydrogen) atoms. The molecule has 0 unspecified atom stereocenters. The number of nitrogens with zero attached hydrogens (tertiary/aromatic N) is 2. The summed E-state index contributed by atoms with van der Waals surface area (Å²) < 4.78 is 0. The second-order valence-electron chi connectivity index (χ2n) is 2.39. The fraction of sp³-hybridized carbons (Fsp3) is 0.125. The van der Waals surface area contributed by atoms with E-state index in [2.05, 4.69) is 9.98 Å². The predicted molar refractivity (Wildman–Crippen MR) is 56.0 cm³/mol. The minimum Gasteiger partial charge on any atom is -0.478 e. The molecule has 0 aliphatic carbocycles. The van der Waals surface area contributed by atoms with Crippen LogP contribution in [0.1, 0.15) is 10.4 Å². The molecule has 0 aliphatic heterocycles. The third-order valence-corrected chi connectivity index (χ3v) is 1.93. The molecule has 0 aliphatic rings. The summed E-state index contributed by atoms with van der Waals surface area (Å²) in [6.45, 7) is 0. The quantitative estimate of drug-likeness (QED) is 0.564. The Morgan fingerprint density at radius 3 is 2.93 bits per heavy atom. The first kappa shape index (κ1) is 10.5. The van der Waals surface area contributed by atoms with E-state index < -0.39 is 5.97 Å². The van der Waals surface area contributed by atoms with Gasteiger partial charge in [-0.05, 0) is 12.3 Å². The van der Waals surface area contributed by atoms with E-state index >= 15 is 0 Å². The van der Waals surface area contributed by atoms with Crippen LogP contribution in [0.2, 0.25) is 0 Å². The molecule has 0 fully saturated rings. The Balaban J connectivity index is 3.00. The number of rotatable bonds is 2. The van der Waals surface area contributed by atoms with Crippen molar-refractivity contribution in [1.82, 2.24) is 4.98 Å². The Bertz CT molecular complexity index is 379. The number of aliphatic imine (C=N–C) groups is 1. The Labute approximate surface area is 85.1 Å². The largest absolute Gasteiger partial charge is 0.478 e. The van der Waals surface area contributed by atoms with E-state index in [-0.39, 0.29) is 5.56 Å². The van der Waals surface area contributed by atoms with Gasteiger partial charge in [0.15, 0.2) is 5.17 Å². The number of carboxylic acid groups (broad SMARTS) is 1. The SMILES string of the molecule is CSC(N)=Nc1cncc(C(=O)O)c1. The number of aromatic carboxylic acids is 1. The van der Waals surface area contributed by atoms with E-state index in [4.69, 9.17) is 10.8 Å². The molecule has 0 amide bonds. The molecule has 0 bridgehead atoms. The van der Waals surface area contributed by atoms with E-state index in [9.17, 15) is 4.79 Å². The van der Waals surface area contributed by atoms with Gasteiger partial charge in [-0.3, -0.25) is 4.98 Å². The van der Waals surface area contributed by atoms with Crippen LogP contribution in [0.5, 0.6) is 0 Å². The molecule has 0 aromatic carbocycles. The van der Waals surface area contributed by atoms with Crippen molar-refractivity contribution in [2.24, 2.45) is 10.7 Å².